The first-order valence-corrected chi connectivity index (χ1v) is 7.35. The van der Waals surface area contributed by atoms with Crippen LogP contribution in [0.2, 0.25) is 0 Å². The second-order valence-corrected chi connectivity index (χ2v) is 5.23. The quantitative estimate of drug-likeness (QED) is 0.434. The molecular weight excluding hydrogens is 322 g/mol. The van der Waals surface area contributed by atoms with Crippen molar-refractivity contribution in [1.29, 1.82) is 0 Å². The monoisotopic (exact) mass is 335 g/mol. The molecule has 1 amide bonds. The average molecular weight is 335 g/mol. The molecular formula is C18H13N3O4. The fourth-order valence-corrected chi connectivity index (χ4v) is 2.36. The molecule has 0 aliphatic rings. The predicted molar refractivity (Wildman–Crippen MR) is 93.8 cm³/mol. The van der Waals surface area contributed by atoms with Gasteiger partial charge in [0.15, 0.2) is 0 Å². The number of carbonyl (C=O) groups is 1. The van der Waals surface area contributed by atoms with Crippen molar-refractivity contribution in [1.82, 2.24) is 5.43 Å². The lowest BCUT2D eigenvalue weighted by Gasteiger charge is -2.03. The SMILES string of the molecule is O=C(NN=Cc1cccc([N+](=O)[O-])c1O)c1ccc2ccccc2c1. The van der Waals surface area contributed by atoms with Gasteiger partial charge < -0.3 is 5.11 Å². The number of carbonyl (C=O) groups excluding carboxylic acids is 1. The second kappa shape index (κ2) is 6.79. The summed E-state index contributed by atoms with van der Waals surface area (Å²) in [5.74, 6) is -0.928. The Labute approximate surface area is 142 Å². The zero-order chi connectivity index (χ0) is 17.8. The summed E-state index contributed by atoms with van der Waals surface area (Å²) in [5, 5.41) is 26.3. The van der Waals surface area contributed by atoms with Crippen LogP contribution in [0.1, 0.15) is 15.9 Å². The van der Waals surface area contributed by atoms with Crippen molar-refractivity contribution >= 4 is 28.6 Å². The van der Waals surface area contributed by atoms with E-state index in [-0.39, 0.29) is 5.56 Å². The molecule has 0 bridgehead atoms. The summed E-state index contributed by atoms with van der Waals surface area (Å²) < 4.78 is 0. The molecule has 0 saturated carbocycles. The number of nitro groups is 1. The van der Waals surface area contributed by atoms with Gasteiger partial charge in [0.05, 0.1) is 11.1 Å². The van der Waals surface area contributed by atoms with Gasteiger partial charge in [0.1, 0.15) is 0 Å². The van der Waals surface area contributed by atoms with E-state index in [0.717, 1.165) is 17.0 Å². The Hall–Kier alpha value is -3.74. The lowest BCUT2D eigenvalue weighted by Crippen LogP contribution is -2.17. The summed E-state index contributed by atoms with van der Waals surface area (Å²) in [4.78, 5) is 22.2. The number of para-hydroxylation sites is 1. The van der Waals surface area contributed by atoms with Crippen LogP contribution in [-0.2, 0) is 0 Å². The van der Waals surface area contributed by atoms with Gasteiger partial charge in [-0.1, -0.05) is 36.4 Å². The van der Waals surface area contributed by atoms with E-state index in [1.54, 1.807) is 12.1 Å². The molecule has 0 aliphatic carbocycles. The number of hydrazone groups is 1. The maximum atomic E-state index is 12.1. The summed E-state index contributed by atoms with van der Waals surface area (Å²) >= 11 is 0. The summed E-state index contributed by atoms with van der Waals surface area (Å²) in [6.07, 6.45) is 1.15. The van der Waals surface area contributed by atoms with Crippen LogP contribution < -0.4 is 5.43 Å². The standard InChI is InChI=1S/C18H13N3O4/c22-17-15(6-3-7-16(17)21(24)25)11-19-20-18(23)14-9-8-12-4-1-2-5-13(12)10-14/h1-11,22H,(H,20,23). The molecule has 0 spiro atoms. The van der Waals surface area contributed by atoms with Crippen molar-refractivity contribution in [3.05, 3.63) is 81.9 Å². The van der Waals surface area contributed by atoms with Crippen molar-refractivity contribution < 1.29 is 14.8 Å². The van der Waals surface area contributed by atoms with Gasteiger partial charge in [-0.25, -0.2) is 5.43 Å². The van der Waals surface area contributed by atoms with Crippen molar-refractivity contribution in [2.45, 2.75) is 0 Å². The second-order valence-electron chi connectivity index (χ2n) is 5.23. The van der Waals surface area contributed by atoms with Crippen LogP contribution in [0.15, 0.2) is 65.8 Å². The predicted octanol–water partition coefficient (Wildman–Crippen LogP) is 3.22. The molecule has 0 heterocycles. The molecule has 0 atom stereocenters. The normalized spacial score (nSPS) is 10.9. The number of phenolic OH excluding ortho intramolecular Hbond substituents is 1. The topological polar surface area (TPSA) is 105 Å². The Balaban J connectivity index is 1.76. The Morgan fingerprint density at radius 1 is 1.08 bits per heavy atom. The number of benzene rings is 3. The van der Waals surface area contributed by atoms with Gasteiger partial charge in [-0.2, -0.15) is 5.10 Å². The van der Waals surface area contributed by atoms with Gasteiger partial charge in [0, 0.05) is 17.2 Å². The van der Waals surface area contributed by atoms with Gasteiger partial charge in [0.2, 0.25) is 5.75 Å². The number of phenols is 1. The maximum Gasteiger partial charge on any atom is 0.311 e. The Morgan fingerprint density at radius 2 is 1.84 bits per heavy atom. The van der Waals surface area contributed by atoms with Crippen LogP contribution in [0.3, 0.4) is 0 Å². The number of nitro benzene ring substituents is 1. The van der Waals surface area contributed by atoms with Gasteiger partial charge in [0.25, 0.3) is 5.91 Å². The van der Waals surface area contributed by atoms with Crippen LogP contribution >= 0.6 is 0 Å². The molecule has 0 unspecified atom stereocenters. The van der Waals surface area contributed by atoms with E-state index in [1.165, 1.54) is 18.2 Å². The molecule has 25 heavy (non-hydrogen) atoms. The molecule has 3 aromatic carbocycles. The molecule has 0 aromatic heterocycles. The summed E-state index contributed by atoms with van der Waals surface area (Å²) in [6, 6.07) is 16.9. The van der Waals surface area contributed by atoms with E-state index in [1.807, 2.05) is 30.3 Å². The van der Waals surface area contributed by atoms with Crippen molar-refractivity contribution in [3.8, 4) is 5.75 Å². The first-order chi connectivity index (χ1) is 12.1. The van der Waals surface area contributed by atoms with Crippen LogP contribution in [0.4, 0.5) is 5.69 Å². The number of hydrogen-bond donors (Lipinski definition) is 2. The number of aromatic hydroxyl groups is 1. The first-order valence-electron chi connectivity index (χ1n) is 7.35. The van der Waals surface area contributed by atoms with E-state index >= 15 is 0 Å². The molecule has 3 aromatic rings. The zero-order valence-corrected chi connectivity index (χ0v) is 12.9. The molecule has 7 nitrogen and oxygen atoms in total. The Bertz CT molecular complexity index is 999. The highest BCUT2D eigenvalue weighted by Gasteiger charge is 2.15. The summed E-state index contributed by atoms with van der Waals surface area (Å²) in [6.45, 7) is 0. The lowest BCUT2D eigenvalue weighted by atomic mass is 10.1. The highest BCUT2D eigenvalue weighted by molar-refractivity contribution is 5.99. The van der Waals surface area contributed by atoms with E-state index in [9.17, 15) is 20.0 Å². The maximum absolute atomic E-state index is 12.1. The number of nitrogens with zero attached hydrogens (tertiary/aromatic N) is 2. The van der Waals surface area contributed by atoms with Crippen LogP contribution in [0.25, 0.3) is 10.8 Å². The molecule has 3 rings (SSSR count). The number of amides is 1. The number of nitrogens with one attached hydrogen (secondary N) is 1. The Morgan fingerprint density at radius 3 is 2.60 bits per heavy atom. The minimum Gasteiger partial charge on any atom is -0.502 e. The van der Waals surface area contributed by atoms with Crippen molar-refractivity contribution in [3.63, 3.8) is 0 Å². The molecule has 7 heteroatoms. The minimum atomic E-state index is -0.694. The zero-order valence-electron chi connectivity index (χ0n) is 12.9. The molecule has 124 valence electrons. The third-order valence-electron chi connectivity index (χ3n) is 3.62. The van der Waals surface area contributed by atoms with E-state index in [2.05, 4.69) is 10.5 Å². The molecule has 0 fully saturated rings. The van der Waals surface area contributed by atoms with Gasteiger partial charge >= 0.3 is 5.69 Å². The average Bonchev–Trinajstić information content (AvgIpc) is 2.62. The first kappa shape index (κ1) is 16.1. The molecule has 0 radical (unpaired) electrons. The third kappa shape index (κ3) is 3.45. The molecule has 0 saturated heterocycles. The lowest BCUT2D eigenvalue weighted by molar-refractivity contribution is -0.385. The Kier molecular flexibility index (Phi) is 4.38. The number of rotatable bonds is 4. The fourth-order valence-electron chi connectivity index (χ4n) is 2.36. The highest BCUT2D eigenvalue weighted by atomic mass is 16.6. The highest BCUT2D eigenvalue weighted by Crippen LogP contribution is 2.27. The van der Waals surface area contributed by atoms with Crippen molar-refractivity contribution in [2.24, 2.45) is 5.10 Å². The fraction of sp³-hybridized carbons (Fsp3) is 0. The minimum absolute atomic E-state index is 0.132. The van der Waals surface area contributed by atoms with Crippen molar-refractivity contribution in [2.75, 3.05) is 0 Å². The van der Waals surface area contributed by atoms with Crippen LogP contribution in [0, 0.1) is 10.1 Å². The van der Waals surface area contributed by atoms with Gasteiger partial charge in [-0.3, -0.25) is 14.9 Å². The van der Waals surface area contributed by atoms with Crippen LogP contribution in [-0.4, -0.2) is 22.2 Å². The van der Waals surface area contributed by atoms with E-state index in [4.69, 9.17) is 0 Å². The third-order valence-corrected chi connectivity index (χ3v) is 3.62. The molecule has 2 N–H and O–H groups in total. The van der Waals surface area contributed by atoms with E-state index < -0.39 is 22.3 Å². The number of hydrogen-bond acceptors (Lipinski definition) is 5. The number of fused-ring (bicyclic) bond motifs is 1. The summed E-state index contributed by atoms with van der Waals surface area (Å²) in [5.41, 5.74) is 2.47. The summed E-state index contributed by atoms with van der Waals surface area (Å²) in [7, 11) is 0. The van der Waals surface area contributed by atoms with E-state index in [0.29, 0.717) is 5.56 Å². The van der Waals surface area contributed by atoms with Crippen LogP contribution in [0.5, 0.6) is 5.75 Å². The van der Waals surface area contributed by atoms with Gasteiger partial charge in [-0.05, 0) is 29.0 Å². The largest absolute Gasteiger partial charge is 0.502 e. The smallest absolute Gasteiger partial charge is 0.311 e. The van der Waals surface area contributed by atoms with Gasteiger partial charge in [-0.15, -0.1) is 0 Å². The molecule has 0 aliphatic heterocycles.